The van der Waals surface area contributed by atoms with E-state index in [0.29, 0.717) is 16.9 Å². The van der Waals surface area contributed by atoms with Gasteiger partial charge in [0.05, 0.1) is 43.8 Å². The van der Waals surface area contributed by atoms with Gasteiger partial charge in [-0.2, -0.15) is 0 Å². The number of nitrogens with zero attached hydrogens (tertiary/aromatic N) is 1. The molecule has 2 N–H and O–H groups in total. The number of anilines is 1. The topological polar surface area (TPSA) is 71.1 Å². The van der Waals surface area contributed by atoms with Crippen molar-refractivity contribution < 1.29 is 9.59 Å². The number of aromatic nitrogens is 1. The van der Waals surface area contributed by atoms with Crippen LogP contribution in [0.15, 0.2) is 54.7 Å². The van der Waals surface area contributed by atoms with Gasteiger partial charge in [0.2, 0.25) is 5.91 Å². The molecular weight excluding hydrogens is 563 g/mol. The van der Waals surface area contributed by atoms with Crippen LogP contribution in [0.5, 0.6) is 0 Å². The van der Waals surface area contributed by atoms with E-state index in [0.717, 1.165) is 0 Å². The first-order valence-electron chi connectivity index (χ1n) is 9.90. The zero-order valence-corrected chi connectivity index (χ0v) is 21.6. The Balaban J connectivity index is 1.47. The highest BCUT2D eigenvalue weighted by Gasteiger charge is 2.67. The second kappa shape index (κ2) is 10.1. The largest absolute Gasteiger partial charge is 0.346 e. The predicted molar refractivity (Wildman–Crippen MR) is 138 cm³/mol. The Hall–Kier alpha value is -1.73. The number of rotatable bonds is 6. The van der Waals surface area contributed by atoms with E-state index in [-0.39, 0.29) is 32.2 Å². The van der Waals surface area contributed by atoms with Crippen LogP contribution in [-0.4, -0.2) is 21.1 Å². The van der Waals surface area contributed by atoms with Gasteiger partial charge in [-0.25, -0.2) is 0 Å². The second-order valence-electron chi connectivity index (χ2n) is 7.62. The van der Waals surface area contributed by atoms with E-state index in [9.17, 15) is 9.59 Å². The maximum absolute atomic E-state index is 13.0. The molecule has 0 saturated heterocycles. The standard InChI is InChI=1S/C23H15Cl6N3O2/c24-15-5-4-12(9-14(15)21(33)31-10-13-3-1-2-6-30-13)32-22(34)19-18(23(19,28)29)11-7-16(25)20(27)17(26)8-11/h1-9,18-19H,10H2,(H,31,33)(H,32,34)/t18-,19+/m1/s1. The normalized spacial score (nSPS) is 18.3. The molecule has 1 aliphatic rings. The summed E-state index contributed by atoms with van der Waals surface area (Å²) in [6.07, 6.45) is 1.63. The number of hydrogen-bond donors (Lipinski definition) is 2. The molecule has 3 aromatic rings. The van der Waals surface area contributed by atoms with Gasteiger partial charge in [0, 0.05) is 17.8 Å². The third-order valence-electron chi connectivity index (χ3n) is 5.34. The van der Waals surface area contributed by atoms with Gasteiger partial charge in [0.15, 0.2) is 0 Å². The highest BCUT2D eigenvalue weighted by atomic mass is 35.5. The highest BCUT2D eigenvalue weighted by molar-refractivity contribution is 6.54. The molecule has 2 aromatic carbocycles. The van der Waals surface area contributed by atoms with Gasteiger partial charge < -0.3 is 10.6 Å². The molecule has 11 heteroatoms. The van der Waals surface area contributed by atoms with Gasteiger partial charge in [-0.1, -0.05) is 52.5 Å². The first kappa shape index (κ1) is 25.4. The highest BCUT2D eigenvalue weighted by Crippen LogP contribution is 2.65. The number of carbonyl (C=O) groups excluding carboxylic acids is 2. The van der Waals surface area contributed by atoms with Gasteiger partial charge >= 0.3 is 0 Å². The Morgan fingerprint density at radius 2 is 1.65 bits per heavy atom. The molecule has 1 aliphatic carbocycles. The van der Waals surface area contributed by atoms with Crippen molar-refractivity contribution in [3.05, 3.63) is 91.6 Å². The smallest absolute Gasteiger partial charge is 0.253 e. The predicted octanol–water partition coefficient (Wildman–Crippen LogP) is 7.15. The summed E-state index contributed by atoms with van der Waals surface area (Å²) in [4.78, 5) is 29.8. The molecule has 0 aliphatic heterocycles. The minimum atomic E-state index is -1.36. The second-order valence-corrected chi connectivity index (χ2v) is 10.7. The van der Waals surface area contributed by atoms with Crippen LogP contribution in [0, 0.1) is 5.92 Å². The minimum absolute atomic E-state index is 0.196. The summed E-state index contributed by atoms with van der Waals surface area (Å²) in [5.41, 5.74) is 1.84. The van der Waals surface area contributed by atoms with E-state index >= 15 is 0 Å². The number of pyridine rings is 1. The van der Waals surface area contributed by atoms with E-state index in [1.165, 1.54) is 12.1 Å². The number of benzene rings is 2. The first-order valence-corrected chi connectivity index (χ1v) is 12.2. The molecule has 0 unspecified atom stereocenters. The van der Waals surface area contributed by atoms with Crippen LogP contribution in [0.2, 0.25) is 20.1 Å². The molecule has 1 heterocycles. The maximum Gasteiger partial charge on any atom is 0.253 e. The summed E-state index contributed by atoms with van der Waals surface area (Å²) < 4.78 is -1.36. The average Bonchev–Trinajstić information content (AvgIpc) is 3.39. The van der Waals surface area contributed by atoms with Crippen LogP contribution in [-0.2, 0) is 11.3 Å². The molecule has 0 spiro atoms. The zero-order valence-electron chi connectivity index (χ0n) is 17.1. The van der Waals surface area contributed by atoms with Crippen molar-refractivity contribution in [1.82, 2.24) is 10.3 Å². The van der Waals surface area contributed by atoms with Crippen LogP contribution >= 0.6 is 69.6 Å². The number of nitrogens with one attached hydrogen (secondary N) is 2. The molecule has 176 valence electrons. The molecule has 4 rings (SSSR count). The fourth-order valence-corrected chi connectivity index (χ4v) is 5.23. The van der Waals surface area contributed by atoms with E-state index in [2.05, 4.69) is 15.6 Å². The van der Waals surface area contributed by atoms with Crippen molar-refractivity contribution in [2.45, 2.75) is 16.8 Å². The van der Waals surface area contributed by atoms with Crippen molar-refractivity contribution in [3.8, 4) is 0 Å². The van der Waals surface area contributed by atoms with Gasteiger partial charge in [-0.15, -0.1) is 23.2 Å². The van der Waals surface area contributed by atoms with Crippen LogP contribution in [0.4, 0.5) is 5.69 Å². The van der Waals surface area contributed by atoms with Gasteiger partial charge in [-0.3, -0.25) is 14.6 Å². The first-order chi connectivity index (χ1) is 16.1. The van der Waals surface area contributed by atoms with Crippen molar-refractivity contribution in [3.63, 3.8) is 0 Å². The molecule has 5 nitrogen and oxygen atoms in total. The molecule has 34 heavy (non-hydrogen) atoms. The lowest BCUT2D eigenvalue weighted by molar-refractivity contribution is -0.117. The number of hydrogen-bond acceptors (Lipinski definition) is 3. The Labute approximate surface area is 225 Å². The quantitative estimate of drug-likeness (QED) is 0.241. The summed E-state index contributed by atoms with van der Waals surface area (Å²) in [5, 5.41) is 6.41. The van der Waals surface area contributed by atoms with Crippen molar-refractivity contribution in [2.24, 2.45) is 5.92 Å². The van der Waals surface area contributed by atoms with Gasteiger partial charge in [-0.05, 0) is 48.0 Å². The monoisotopic (exact) mass is 575 g/mol. The summed E-state index contributed by atoms with van der Waals surface area (Å²) in [6, 6.07) is 13.1. The van der Waals surface area contributed by atoms with Crippen LogP contribution in [0.3, 0.4) is 0 Å². The lowest BCUT2D eigenvalue weighted by atomic mass is 10.1. The molecule has 2 amide bonds. The molecular formula is C23H15Cl6N3O2. The lowest BCUT2D eigenvalue weighted by Gasteiger charge is -2.10. The third kappa shape index (κ3) is 5.25. The van der Waals surface area contributed by atoms with Gasteiger partial charge in [0.25, 0.3) is 5.91 Å². The molecule has 0 bridgehead atoms. The van der Waals surface area contributed by atoms with Crippen molar-refractivity contribution in [2.75, 3.05) is 5.32 Å². The Morgan fingerprint density at radius 3 is 2.29 bits per heavy atom. The molecule has 1 aromatic heterocycles. The number of carbonyl (C=O) groups is 2. The Kier molecular flexibility index (Phi) is 7.53. The summed E-state index contributed by atoms with van der Waals surface area (Å²) in [5.74, 6) is -2.16. The van der Waals surface area contributed by atoms with Crippen molar-refractivity contribution >= 4 is 87.1 Å². The molecule has 1 fully saturated rings. The van der Waals surface area contributed by atoms with E-state index in [1.54, 1.807) is 36.5 Å². The van der Waals surface area contributed by atoms with E-state index in [1.807, 2.05) is 6.07 Å². The summed E-state index contributed by atoms with van der Waals surface area (Å²) in [6.45, 7) is 0.226. The van der Waals surface area contributed by atoms with Crippen LogP contribution in [0.1, 0.15) is 27.5 Å². The summed E-state index contributed by atoms with van der Waals surface area (Å²) >= 11 is 37.3. The zero-order chi connectivity index (χ0) is 24.6. The Bertz CT molecular complexity index is 1250. The fraction of sp³-hybridized carbons (Fsp3) is 0.174. The summed E-state index contributed by atoms with van der Waals surface area (Å²) in [7, 11) is 0. The number of amides is 2. The third-order valence-corrected chi connectivity index (χ3v) is 7.80. The van der Waals surface area contributed by atoms with E-state index in [4.69, 9.17) is 69.6 Å². The van der Waals surface area contributed by atoms with Crippen LogP contribution in [0.25, 0.3) is 0 Å². The Morgan fingerprint density at radius 1 is 0.941 bits per heavy atom. The molecule has 1 saturated carbocycles. The maximum atomic E-state index is 13.0. The lowest BCUT2D eigenvalue weighted by Crippen LogP contribution is -2.24. The number of alkyl halides is 2. The van der Waals surface area contributed by atoms with Gasteiger partial charge in [0.1, 0.15) is 4.33 Å². The van der Waals surface area contributed by atoms with Crippen molar-refractivity contribution in [1.29, 1.82) is 0 Å². The molecule has 2 atom stereocenters. The van der Waals surface area contributed by atoms with Crippen LogP contribution < -0.4 is 10.6 Å². The number of halogens is 6. The average molecular weight is 578 g/mol. The minimum Gasteiger partial charge on any atom is -0.346 e. The molecule has 0 radical (unpaired) electrons. The fourth-order valence-electron chi connectivity index (χ4n) is 3.59. The van der Waals surface area contributed by atoms with E-state index < -0.39 is 28.0 Å². The SMILES string of the molecule is O=C(NCc1ccccn1)c1cc(NC(=O)[C@@H]2[C@@H](c3cc(Cl)c(Cl)c(Cl)c3)C2(Cl)Cl)ccc1Cl.